The van der Waals surface area contributed by atoms with E-state index in [4.69, 9.17) is 11.6 Å². The van der Waals surface area contributed by atoms with Gasteiger partial charge in [-0.2, -0.15) is 4.98 Å². The van der Waals surface area contributed by atoms with Gasteiger partial charge in [0.05, 0.1) is 11.8 Å². The number of nitrogens with zero attached hydrogens (tertiary/aromatic N) is 2. The van der Waals surface area contributed by atoms with Crippen molar-refractivity contribution < 1.29 is 5.11 Å². The molecule has 1 aromatic heterocycles. The molecule has 0 aliphatic heterocycles. The first-order chi connectivity index (χ1) is 7.92. The van der Waals surface area contributed by atoms with Crippen LogP contribution in [-0.2, 0) is 0 Å². The third-order valence-corrected chi connectivity index (χ3v) is 2.24. The van der Waals surface area contributed by atoms with Crippen LogP contribution in [0, 0.1) is 0 Å². The quantitative estimate of drug-likeness (QED) is 0.729. The summed E-state index contributed by atoms with van der Waals surface area (Å²) in [5.41, 5.74) is -0.814. The van der Waals surface area contributed by atoms with E-state index in [1.54, 1.807) is 20.0 Å². The zero-order valence-electron chi connectivity index (χ0n) is 10.4. The number of hydrogen-bond acceptors (Lipinski definition) is 5. The highest BCUT2D eigenvalue weighted by Gasteiger charge is 2.13. The number of nitrogens with one attached hydrogen (secondary N) is 2. The summed E-state index contributed by atoms with van der Waals surface area (Å²) in [5.74, 6) is 1.07. The predicted octanol–water partition coefficient (Wildman–Crippen LogP) is 2.13. The SMILES string of the molecule is CCCNc1ncc(Cl)c(NCC(C)(C)O)n1. The molecule has 0 atom stereocenters. The van der Waals surface area contributed by atoms with Crippen LogP contribution >= 0.6 is 11.6 Å². The van der Waals surface area contributed by atoms with E-state index >= 15 is 0 Å². The average Bonchev–Trinajstić information content (AvgIpc) is 2.25. The minimum absolute atomic E-state index is 0.372. The molecule has 1 rings (SSSR count). The number of anilines is 2. The summed E-state index contributed by atoms with van der Waals surface area (Å²) in [4.78, 5) is 8.30. The van der Waals surface area contributed by atoms with Gasteiger partial charge in [-0.05, 0) is 20.3 Å². The van der Waals surface area contributed by atoms with Crippen molar-refractivity contribution in [2.75, 3.05) is 23.7 Å². The molecule has 17 heavy (non-hydrogen) atoms. The van der Waals surface area contributed by atoms with Gasteiger partial charge in [-0.25, -0.2) is 4.98 Å². The monoisotopic (exact) mass is 258 g/mol. The van der Waals surface area contributed by atoms with Crippen LogP contribution in [0.4, 0.5) is 11.8 Å². The lowest BCUT2D eigenvalue weighted by Gasteiger charge is -2.18. The molecule has 96 valence electrons. The Labute approximate surface area is 107 Å². The number of rotatable bonds is 6. The Bertz CT molecular complexity index is 365. The van der Waals surface area contributed by atoms with Gasteiger partial charge in [-0.15, -0.1) is 0 Å². The van der Waals surface area contributed by atoms with E-state index < -0.39 is 5.60 Å². The van der Waals surface area contributed by atoms with Gasteiger partial charge in [0, 0.05) is 13.1 Å². The second kappa shape index (κ2) is 6.02. The molecule has 0 spiro atoms. The highest BCUT2D eigenvalue weighted by Crippen LogP contribution is 2.20. The molecule has 0 bridgehead atoms. The van der Waals surface area contributed by atoms with Crippen LogP contribution in [0.2, 0.25) is 5.02 Å². The van der Waals surface area contributed by atoms with Crippen molar-refractivity contribution >= 4 is 23.4 Å². The Morgan fingerprint density at radius 2 is 2.12 bits per heavy atom. The van der Waals surface area contributed by atoms with Gasteiger partial charge in [0.25, 0.3) is 0 Å². The predicted molar refractivity (Wildman–Crippen MR) is 70.6 cm³/mol. The maximum Gasteiger partial charge on any atom is 0.224 e. The molecular weight excluding hydrogens is 240 g/mol. The summed E-state index contributed by atoms with van der Waals surface area (Å²) in [5, 5.41) is 16.1. The molecule has 0 unspecified atom stereocenters. The standard InChI is InChI=1S/C11H19ClN4O/c1-4-5-13-10-14-6-8(12)9(16-10)15-7-11(2,3)17/h6,17H,4-5,7H2,1-3H3,(H2,13,14,15,16). The molecule has 0 amide bonds. The van der Waals surface area contributed by atoms with Crippen molar-refractivity contribution in [2.24, 2.45) is 0 Å². The Hall–Kier alpha value is -1.07. The molecule has 5 nitrogen and oxygen atoms in total. The first kappa shape index (κ1) is 14.0. The van der Waals surface area contributed by atoms with Gasteiger partial charge >= 0.3 is 0 Å². The van der Waals surface area contributed by atoms with Crippen molar-refractivity contribution in [3.8, 4) is 0 Å². The van der Waals surface area contributed by atoms with Crippen molar-refractivity contribution in [1.29, 1.82) is 0 Å². The molecule has 3 N–H and O–H groups in total. The fourth-order valence-corrected chi connectivity index (χ4v) is 1.27. The largest absolute Gasteiger partial charge is 0.389 e. The molecule has 1 heterocycles. The van der Waals surface area contributed by atoms with Crippen molar-refractivity contribution in [1.82, 2.24) is 9.97 Å². The Morgan fingerprint density at radius 3 is 2.71 bits per heavy atom. The van der Waals surface area contributed by atoms with Crippen LogP contribution in [0.3, 0.4) is 0 Å². The molecule has 0 radical (unpaired) electrons. The second-order valence-corrected chi connectivity index (χ2v) is 4.89. The molecule has 0 aliphatic rings. The van der Waals surface area contributed by atoms with E-state index in [2.05, 4.69) is 27.5 Å². The Morgan fingerprint density at radius 1 is 1.41 bits per heavy atom. The first-order valence-electron chi connectivity index (χ1n) is 5.65. The summed E-state index contributed by atoms with van der Waals surface area (Å²) in [6, 6.07) is 0. The summed E-state index contributed by atoms with van der Waals surface area (Å²) in [6.07, 6.45) is 2.54. The van der Waals surface area contributed by atoms with Crippen LogP contribution in [0.25, 0.3) is 0 Å². The van der Waals surface area contributed by atoms with Gasteiger partial charge in [0.1, 0.15) is 5.02 Å². The summed E-state index contributed by atoms with van der Waals surface area (Å²) in [6.45, 7) is 6.68. The zero-order valence-corrected chi connectivity index (χ0v) is 11.2. The maximum absolute atomic E-state index is 9.62. The second-order valence-electron chi connectivity index (χ2n) is 4.48. The van der Waals surface area contributed by atoms with E-state index in [0.717, 1.165) is 13.0 Å². The van der Waals surface area contributed by atoms with Crippen LogP contribution in [0.5, 0.6) is 0 Å². The maximum atomic E-state index is 9.62. The van der Waals surface area contributed by atoms with Gasteiger partial charge in [-0.1, -0.05) is 18.5 Å². The van der Waals surface area contributed by atoms with Gasteiger partial charge in [0.15, 0.2) is 5.82 Å². The number of aliphatic hydroxyl groups is 1. The molecule has 1 aromatic rings. The summed E-state index contributed by atoms with van der Waals surface area (Å²) >= 11 is 5.96. The van der Waals surface area contributed by atoms with Crippen LogP contribution < -0.4 is 10.6 Å². The van der Waals surface area contributed by atoms with Gasteiger partial charge in [0.2, 0.25) is 5.95 Å². The lowest BCUT2D eigenvalue weighted by atomic mass is 10.1. The molecule has 0 saturated carbocycles. The summed E-state index contributed by atoms with van der Waals surface area (Å²) in [7, 11) is 0. The molecule has 0 fully saturated rings. The highest BCUT2D eigenvalue weighted by molar-refractivity contribution is 6.32. The fourth-order valence-electron chi connectivity index (χ4n) is 1.11. The van der Waals surface area contributed by atoms with E-state index in [9.17, 15) is 5.11 Å². The lowest BCUT2D eigenvalue weighted by molar-refractivity contribution is 0.0944. The molecule has 0 aromatic carbocycles. The fraction of sp³-hybridized carbons (Fsp3) is 0.636. The molecule has 6 heteroatoms. The summed E-state index contributed by atoms with van der Waals surface area (Å²) < 4.78 is 0. The Kier molecular flexibility index (Phi) is 4.96. The Balaban J connectivity index is 2.69. The van der Waals surface area contributed by atoms with E-state index in [1.807, 2.05) is 0 Å². The van der Waals surface area contributed by atoms with Crippen LogP contribution in [0.1, 0.15) is 27.2 Å². The minimum Gasteiger partial charge on any atom is -0.389 e. The van der Waals surface area contributed by atoms with E-state index in [-0.39, 0.29) is 0 Å². The van der Waals surface area contributed by atoms with Crippen LogP contribution in [0.15, 0.2) is 6.20 Å². The normalized spacial score (nSPS) is 11.4. The smallest absolute Gasteiger partial charge is 0.224 e. The topological polar surface area (TPSA) is 70.1 Å². The van der Waals surface area contributed by atoms with Crippen molar-refractivity contribution in [2.45, 2.75) is 32.8 Å². The zero-order chi connectivity index (χ0) is 12.9. The van der Waals surface area contributed by atoms with Gasteiger partial charge < -0.3 is 15.7 Å². The highest BCUT2D eigenvalue weighted by atomic mass is 35.5. The number of halogens is 1. The van der Waals surface area contributed by atoms with Crippen molar-refractivity contribution in [3.63, 3.8) is 0 Å². The first-order valence-corrected chi connectivity index (χ1v) is 6.03. The molecular formula is C11H19ClN4O. The average molecular weight is 259 g/mol. The third-order valence-electron chi connectivity index (χ3n) is 1.97. The molecule has 0 aliphatic carbocycles. The van der Waals surface area contributed by atoms with E-state index in [1.165, 1.54) is 0 Å². The third kappa shape index (κ3) is 5.19. The van der Waals surface area contributed by atoms with E-state index in [0.29, 0.717) is 23.3 Å². The van der Waals surface area contributed by atoms with Gasteiger partial charge in [-0.3, -0.25) is 0 Å². The molecule has 0 saturated heterocycles. The van der Waals surface area contributed by atoms with Crippen LogP contribution in [-0.4, -0.2) is 33.8 Å². The lowest BCUT2D eigenvalue weighted by Crippen LogP contribution is -2.29. The number of aromatic nitrogens is 2. The number of hydrogen-bond donors (Lipinski definition) is 3. The van der Waals surface area contributed by atoms with Crippen molar-refractivity contribution in [3.05, 3.63) is 11.2 Å². The minimum atomic E-state index is -0.814.